The Morgan fingerprint density at radius 2 is 1.86 bits per heavy atom. The van der Waals surface area contributed by atoms with Crippen LogP contribution in [-0.2, 0) is 0 Å². The van der Waals surface area contributed by atoms with Gasteiger partial charge in [0, 0.05) is 17.1 Å². The quantitative estimate of drug-likeness (QED) is 0.805. The Kier molecular flexibility index (Phi) is 4.62. The summed E-state index contributed by atoms with van der Waals surface area (Å²) in [5.41, 5.74) is 2.75. The summed E-state index contributed by atoms with van der Waals surface area (Å²) in [6, 6.07) is 20.0. The van der Waals surface area contributed by atoms with Crippen LogP contribution in [-0.4, -0.2) is 6.04 Å². The van der Waals surface area contributed by atoms with Gasteiger partial charge in [-0.3, -0.25) is 0 Å². The summed E-state index contributed by atoms with van der Waals surface area (Å²) >= 11 is 6.08. The number of nitrogens with one attached hydrogen (secondary N) is 1. The van der Waals surface area contributed by atoms with Crippen LogP contribution in [0.5, 0.6) is 0 Å². The number of rotatable bonds is 4. The van der Waals surface area contributed by atoms with Gasteiger partial charge in [-0.2, -0.15) is 0 Å². The molecule has 1 N–H and O–H groups in total. The SMILES string of the molecule is C[C@@H](N[C@H]1CC[C@@H](c2ccccc2)C1)c1cccc(Cl)c1. The topological polar surface area (TPSA) is 12.0 Å². The predicted molar refractivity (Wildman–Crippen MR) is 89.8 cm³/mol. The van der Waals surface area contributed by atoms with E-state index in [2.05, 4.69) is 54.7 Å². The summed E-state index contributed by atoms with van der Waals surface area (Å²) in [5.74, 6) is 0.704. The maximum absolute atomic E-state index is 6.08. The molecule has 0 spiro atoms. The second-order valence-corrected chi connectivity index (χ2v) is 6.50. The van der Waals surface area contributed by atoms with Crippen molar-refractivity contribution in [2.75, 3.05) is 0 Å². The van der Waals surface area contributed by atoms with Crippen LogP contribution in [0, 0.1) is 0 Å². The lowest BCUT2D eigenvalue weighted by Gasteiger charge is -2.20. The van der Waals surface area contributed by atoms with E-state index in [1.165, 1.54) is 30.4 Å². The molecule has 0 bridgehead atoms. The highest BCUT2D eigenvalue weighted by Crippen LogP contribution is 2.35. The van der Waals surface area contributed by atoms with Crippen molar-refractivity contribution in [3.05, 3.63) is 70.7 Å². The van der Waals surface area contributed by atoms with Crippen molar-refractivity contribution >= 4 is 11.6 Å². The van der Waals surface area contributed by atoms with Gasteiger partial charge in [0.2, 0.25) is 0 Å². The Hall–Kier alpha value is -1.31. The van der Waals surface area contributed by atoms with Crippen LogP contribution >= 0.6 is 11.6 Å². The van der Waals surface area contributed by atoms with E-state index in [1.807, 2.05) is 12.1 Å². The average molecular weight is 300 g/mol. The Labute approximate surface area is 132 Å². The molecule has 0 unspecified atom stereocenters. The van der Waals surface area contributed by atoms with E-state index in [1.54, 1.807) is 0 Å². The van der Waals surface area contributed by atoms with Crippen LogP contribution in [0.3, 0.4) is 0 Å². The average Bonchev–Trinajstić information content (AvgIpc) is 2.97. The molecule has 1 nitrogen and oxygen atoms in total. The largest absolute Gasteiger partial charge is 0.307 e. The van der Waals surface area contributed by atoms with Crippen molar-refractivity contribution in [2.24, 2.45) is 0 Å². The first-order valence-electron chi connectivity index (χ1n) is 7.79. The fourth-order valence-electron chi connectivity index (χ4n) is 3.39. The molecule has 3 rings (SSSR count). The first-order valence-corrected chi connectivity index (χ1v) is 8.16. The first-order chi connectivity index (χ1) is 10.2. The van der Waals surface area contributed by atoms with Gasteiger partial charge in [0.15, 0.2) is 0 Å². The smallest absolute Gasteiger partial charge is 0.0409 e. The maximum atomic E-state index is 6.08. The normalized spacial score (nSPS) is 23.1. The zero-order chi connectivity index (χ0) is 14.7. The van der Waals surface area contributed by atoms with E-state index in [0.717, 1.165) is 5.02 Å². The summed E-state index contributed by atoms with van der Waals surface area (Å²) in [4.78, 5) is 0. The van der Waals surface area contributed by atoms with Gasteiger partial charge in [0.25, 0.3) is 0 Å². The lowest BCUT2D eigenvalue weighted by molar-refractivity contribution is 0.457. The maximum Gasteiger partial charge on any atom is 0.0409 e. The van der Waals surface area contributed by atoms with Crippen molar-refractivity contribution < 1.29 is 0 Å². The van der Waals surface area contributed by atoms with Gasteiger partial charge < -0.3 is 5.32 Å². The molecule has 2 heteroatoms. The number of hydrogen-bond donors (Lipinski definition) is 1. The van der Waals surface area contributed by atoms with E-state index >= 15 is 0 Å². The zero-order valence-electron chi connectivity index (χ0n) is 12.4. The molecule has 0 heterocycles. The van der Waals surface area contributed by atoms with E-state index < -0.39 is 0 Å². The minimum atomic E-state index is 0.350. The van der Waals surface area contributed by atoms with Crippen molar-refractivity contribution in [1.82, 2.24) is 5.32 Å². The van der Waals surface area contributed by atoms with Crippen LogP contribution in [0.2, 0.25) is 5.02 Å². The van der Waals surface area contributed by atoms with Gasteiger partial charge in [-0.05, 0) is 55.4 Å². The summed E-state index contributed by atoms with van der Waals surface area (Å²) in [7, 11) is 0. The third-order valence-electron chi connectivity index (χ3n) is 4.54. The van der Waals surface area contributed by atoms with Gasteiger partial charge in [-0.25, -0.2) is 0 Å². The molecule has 0 aromatic heterocycles. The Morgan fingerprint density at radius 1 is 1.05 bits per heavy atom. The van der Waals surface area contributed by atoms with Gasteiger partial charge in [-0.15, -0.1) is 0 Å². The van der Waals surface area contributed by atoms with Crippen molar-refractivity contribution in [3.8, 4) is 0 Å². The van der Waals surface area contributed by atoms with Gasteiger partial charge in [0.05, 0.1) is 0 Å². The van der Waals surface area contributed by atoms with Crippen LogP contribution in [0.25, 0.3) is 0 Å². The van der Waals surface area contributed by atoms with Gasteiger partial charge in [0.1, 0.15) is 0 Å². The molecule has 3 atom stereocenters. The molecule has 1 saturated carbocycles. The van der Waals surface area contributed by atoms with Gasteiger partial charge >= 0.3 is 0 Å². The lowest BCUT2D eigenvalue weighted by Crippen LogP contribution is -2.29. The Balaban J connectivity index is 1.60. The molecule has 21 heavy (non-hydrogen) atoms. The molecule has 110 valence electrons. The van der Waals surface area contributed by atoms with Gasteiger partial charge in [-0.1, -0.05) is 54.1 Å². The zero-order valence-corrected chi connectivity index (χ0v) is 13.2. The monoisotopic (exact) mass is 299 g/mol. The van der Waals surface area contributed by atoms with E-state index in [0.29, 0.717) is 18.0 Å². The molecule has 0 aliphatic heterocycles. The Morgan fingerprint density at radius 3 is 2.62 bits per heavy atom. The third-order valence-corrected chi connectivity index (χ3v) is 4.77. The standard InChI is InChI=1S/C19H22ClN/c1-14(16-8-5-9-18(20)12-16)21-19-11-10-17(13-19)15-6-3-2-4-7-15/h2-9,12,14,17,19,21H,10-11,13H2,1H3/t14-,17-,19+/m1/s1. The number of hydrogen-bond acceptors (Lipinski definition) is 1. The molecular formula is C19H22ClN. The molecule has 0 amide bonds. The summed E-state index contributed by atoms with van der Waals surface area (Å²) in [6.45, 7) is 2.22. The van der Waals surface area contributed by atoms with Crippen molar-refractivity contribution in [3.63, 3.8) is 0 Å². The third kappa shape index (κ3) is 3.66. The number of benzene rings is 2. The number of halogens is 1. The molecule has 1 aliphatic carbocycles. The highest BCUT2D eigenvalue weighted by Gasteiger charge is 2.26. The molecule has 1 fully saturated rings. The van der Waals surface area contributed by atoms with E-state index in [-0.39, 0.29) is 0 Å². The summed E-state index contributed by atoms with van der Waals surface area (Å²) < 4.78 is 0. The highest BCUT2D eigenvalue weighted by atomic mass is 35.5. The summed E-state index contributed by atoms with van der Waals surface area (Å²) in [6.07, 6.45) is 3.77. The fraction of sp³-hybridized carbons (Fsp3) is 0.368. The van der Waals surface area contributed by atoms with Crippen LogP contribution in [0.4, 0.5) is 0 Å². The molecule has 0 saturated heterocycles. The minimum absolute atomic E-state index is 0.350. The van der Waals surface area contributed by atoms with Crippen molar-refractivity contribution in [1.29, 1.82) is 0 Å². The molecule has 1 aliphatic rings. The first kappa shape index (κ1) is 14.6. The van der Waals surface area contributed by atoms with E-state index in [4.69, 9.17) is 11.6 Å². The molecule has 0 radical (unpaired) electrons. The second-order valence-electron chi connectivity index (χ2n) is 6.06. The molecule has 2 aromatic rings. The predicted octanol–water partition coefficient (Wildman–Crippen LogP) is 5.33. The highest BCUT2D eigenvalue weighted by molar-refractivity contribution is 6.30. The minimum Gasteiger partial charge on any atom is -0.307 e. The van der Waals surface area contributed by atoms with Crippen LogP contribution < -0.4 is 5.32 Å². The summed E-state index contributed by atoms with van der Waals surface area (Å²) in [5, 5.41) is 4.58. The fourth-order valence-corrected chi connectivity index (χ4v) is 3.59. The molecular weight excluding hydrogens is 278 g/mol. The Bertz CT molecular complexity index is 581. The molecule has 2 aromatic carbocycles. The van der Waals surface area contributed by atoms with Crippen molar-refractivity contribution in [2.45, 2.75) is 44.2 Å². The van der Waals surface area contributed by atoms with Crippen LogP contribution in [0.1, 0.15) is 49.3 Å². The van der Waals surface area contributed by atoms with E-state index in [9.17, 15) is 0 Å². The van der Waals surface area contributed by atoms with Crippen LogP contribution in [0.15, 0.2) is 54.6 Å². The second kappa shape index (κ2) is 6.64. The lowest BCUT2D eigenvalue weighted by atomic mass is 9.97.